The molecule has 0 aromatic carbocycles. The normalized spacial score (nSPS) is 8.90. The van der Waals surface area contributed by atoms with Gasteiger partial charge < -0.3 is 10.0 Å². The largest absolute Gasteiger partial charge is 0.395 e. The third kappa shape index (κ3) is 4.16. The molecule has 0 radical (unpaired) electrons. The first-order chi connectivity index (χ1) is 4.85. The summed E-state index contributed by atoms with van der Waals surface area (Å²) in [5.74, 6) is 0. The molecule has 58 valence electrons. The van der Waals surface area contributed by atoms with Gasteiger partial charge in [-0.1, -0.05) is 13.3 Å². The van der Waals surface area contributed by atoms with Gasteiger partial charge in [-0.2, -0.15) is 5.26 Å². The van der Waals surface area contributed by atoms with E-state index in [1.807, 2.05) is 6.19 Å². The van der Waals surface area contributed by atoms with Crippen LogP contribution < -0.4 is 0 Å². The lowest BCUT2D eigenvalue weighted by Gasteiger charge is -2.12. The molecule has 1 N–H and O–H groups in total. The SMILES string of the molecule is CCCCN(C#N)CCO. The van der Waals surface area contributed by atoms with E-state index in [9.17, 15) is 0 Å². The van der Waals surface area contributed by atoms with E-state index >= 15 is 0 Å². The minimum Gasteiger partial charge on any atom is -0.395 e. The summed E-state index contributed by atoms with van der Waals surface area (Å²) in [5.41, 5.74) is 0. The Morgan fingerprint density at radius 3 is 2.60 bits per heavy atom. The summed E-state index contributed by atoms with van der Waals surface area (Å²) in [6.45, 7) is 3.38. The van der Waals surface area contributed by atoms with Crippen LogP contribution in [0.25, 0.3) is 0 Å². The first-order valence-electron chi connectivity index (χ1n) is 3.60. The molecular formula is C7H14N2O. The first kappa shape index (κ1) is 9.25. The number of nitriles is 1. The first-order valence-corrected chi connectivity index (χ1v) is 3.60. The summed E-state index contributed by atoms with van der Waals surface area (Å²) in [7, 11) is 0. The Hall–Kier alpha value is -0.750. The summed E-state index contributed by atoms with van der Waals surface area (Å²) in [5, 5.41) is 16.9. The predicted octanol–water partition coefficient (Wildman–Crippen LogP) is 0.562. The van der Waals surface area contributed by atoms with E-state index in [0.717, 1.165) is 19.4 Å². The van der Waals surface area contributed by atoms with Gasteiger partial charge in [-0.05, 0) is 6.42 Å². The fourth-order valence-corrected chi connectivity index (χ4v) is 0.681. The zero-order valence-corrected chi connectivity index (χ0v) is 6.38. The summed E-state index contributed by atoms with van der Waals surface area (Å²) in [6.07, 6.45) is 4.12. The van der Waals surface area contributed by atoms with Gasteiger partial charge in [0.15, 0.2) is 6.19 Å². The van der Waals surface area contributed by atoms with Crippen LogP contribution in [-0.2, 0) is 0 Å². The van der Waals surface area contributed by atoms with Crippen LogP contribution >= 0.6 is 0 Å². The smallest absolute Gasteiger partial charge is 0.179 e. The Morgan fingerprint density at radius 1 is 1.50 bits per heavy atom. The van der Waals surface area contributed by atoms with Crippen LogP contribution in [0.5, 0.6) is 0 Å². The van der Waals surface area contributed by atoms with E-state index in [1.165, 1.54) is 0 Å². The standard InChI is InChI=1S/C7H14N2O/c1-2-3-4-9(7-8)5-6-10/h10H,2-6H2,1H3. The molecule has 10 heavy (non-hydrogen) atoms. The Bertz CT molecular complexity index is 109. The second-order valence-electron chi connectivity index (χ2n) is 2.16. The minimum absolute atomic E-state index is 0.0667. The van der Waals surface area contributed by atoms with E-state index in [2.05, 4.69) is 6.92 Å². The van der Waals surface area contributed by atoms with Gasteiger partial charge in [-0.15, -0.1) is 0 Å². The molecule has 0 atom stereocenters. The molecule has 0 rings (SSSR count). The second kappa shape index (κ2) is 6.37. The highest BCUT2D eigenvalue weighted by Gasteiger charge is 1.97. The Morgan fingerprint density at radius 2 is 2.20 bits per heavy atom. The lowest BCUT2D eigenvalue weighted by Crippen LogP contribution is -2.22. The van der Waals surface area contributed by atoms with Gasteiger partial charge >= 0.3 is 0 Å². The summed E-state index contributed by atoms with van der Waals surface area (Å²) < 4.78 is 0. The molecule has 0 aromatic rings. The maximum atomic E-state index is 8.47. The lowest BCUT2D eigenvalue weighted by atomic mass is 10.3. The van der Waals surface area contributed by atoms with Crippen molar-refractivity contribution in [1.82, 2.24) is 4.90 Å². The zero-order valence-electron chi connectivity index (χ0n) is 6.38. The van der Waals surface area contributed by atoms with Crippen molar-refractivity contribution in [2.24, 2.45) is 0 Å². The van der Waals surface area contributed by atoms with Gasteiger partial charge in [0.05, 0.1) is 13.2 Å². The third-order valence-electron chi connectivity index (χ3n) is 1.29. The molecule has 0 bridgehead atoms. The second-order valence-corrected chi connectivity index (χ2v) is 2.16. The maximum Gasteiger partial charge on any atom is 0.179 e. The monoisotopic (exact) mass is 142 g/mol. The fraction of sp³-hybridized carbons (Fsp3) is 0.857. The molecular weight excluding hydrogens is 128 g/mol. The number of aliphatic hydroxyl groups excluding tert-OH is 1. The molecule has 0 aliphatic heterocycles. The molecule has 0 spiro atoms. The Balaban J connectivity index is 3.33. The van der Waals surface area contributed by atoms with Gasteiger partial charge in [0.25, 0.3) is 0 Å². The molecule has 0 saturated heterocycles. The van der Waals surface area contributed by atoms with Crippen LogP contribution in [0.15, 0.2) is 0 Å². The number of hydrogen-bond acceptors (Lipinski definition) is 3. The van der Waals surface area contributed by atoms with E-state index < -0.39 is 0 Å². The molecule has 0 unspecified atom stereocenters. The number of aliphatic hydroxyl groups is 1. The van der Waals surface area contributed by atoms with Crippen LogP contribution in [0.3, 0.4) is 0 Å². The molecule has 0 aliphatic carbocycles. The molecule has 0 saturated carbocycles. The lowest BCUT2D eigenvalue weighted by molar-refractivity contribution is 0.240. The minimum atomic E-state index is 0.0667. The Kier molecular flexibility index (Phi) is 5.89. The maximum absolute atomic E-state index is 8.47. The quantitative estimate of drug-likeness (QED) is 0.450. The van der Waals surface area contributed by atoms with Crippen molar-refractivity contribution in [2.75, 3.05) is 19.7 Å². The van der Waals surface area contributed by atoms with Crippen LogP contribution in [-0.4, -0.2) is 29.7 Å². The average molecular weight is 142 g/mol. The van der Waals surface area contributed by atoms with E-state index in [4.69, 9.17) is 10.4 Å². The molecule has 0 aliphatic rings. The molecule has 0 aromatic heterocycles. The number of nitrogens with zero attached hydrogens (tertiary/aromatic N) is 2. The number of unbranched alkanes of at least 4 members (excludes halogenated alkanes) is 1. The molecule has 0 heterocycles. The van der Waals surface area contributed by atoms with E-state index in [-0.39, 0.29) is 6.61 Å². The van der Waals surface area contributed by atoms with Crippen molar-refractivity contribution >= 4 is 0 Å². The van der Waals surface area contributed by atoms with Gasteiger partial charge in [0.2, 0.25) is 0 Å². The van der Waals surface area contributed by atoms with Crippen molar-refractivity contribution in [3.05, 3.63) is 0 Å². The van der Waals surface area contributed by atoms with Gasteiger partial charge in [0.1, 0.15) is 0 Å². The zero-order chi connectivity index (χ0) is 7.82. The highest BCUT2D eigenvalue weighted by Crippen LogP contribution is 1.91. The van der Waals surface area contributed by atoms with Crippen LogP contribution in [0.4, 0.5) is 0 Å². The molecule has 0 amide bonds. The highest BCUT2D eigenvalue weighted by molar-refractivity contribution is 4.72. The molecule has 3 heteroatoms. The third-order valence-corrected chi connectivity index (χ3v) is 1.29. The highest BCUT2D eigenvalue weighted by atomic mass is 16.3. The van der Waals surface area contributed by atoms with Crippen LogP contribution in [0.1, 0.15) is 19.8 Å². The summed E-state index contributed by atoms with van der Waals surface area (Å²) >= 11 is 0. The number of rotatable bonds is 5. The van der Waals surface area contributed by atoms with E-state index in [1.54, 1.807) is 4.90 Å². The van der Waals surface area contributed by atoms with Crippen molar-refractivity contribution < 1.29 is 5.11 Å². The van der Waals surface area contributed by atoms with Crippen LogP contribution in [0, 0.1) is 11.5 Å². The van der Waals surface area contributed by atoms with Gasteiger partial charge in [-0.3, -0.25) is 0 Å². The Labute approximate surface area is 61.9 Å². The van der Waals surface area contributed by atoms with Gasteiger partial charge in [-0.25, -0.2) is 0 Å². The van der Waals surface area contributed by atoms with Crippen molar-refractivity contribution in [3.8, 4) is 6.19 Å². The molecule has 3 nitrogen and oxygen atoms in total. The molecule has 0 fully saturated rings. The van der Waals surface area contributed by atoms with Crippen molar-refractivity contribution in [2.45, 2.75) is 19.8 Å². The average Bonchev–Trinajstić information content (AvgIpc) is 1.98. The van der Waals surface area contributed by atoms with Crippen LogP contribution in [0.2, 0.25) is 0 Å². The van der Waals surface area contributed by atoms with Crippen molar-refractivity contribution in [1.29, 1.82) is 5.26 Å². The van der Waals surface area contributed by atoms with Gasteiger partial charge in [0, 0.05) is 6.54 Å². The summed E-state index contributed by atoms with van der Waals surface area (Å²) in [4.78, 5) is 1.57. The van der Waals surface area contributed by atoms with Crippen molar-refractivity contribution in [3.63, 3.8) is 0 Å². The number of hydrogen-bond donors (Lipinski definition) is 1. The fourth-order valence-electron chi connectivity index (χ4n) is 0.681. The summed E-state index contributed by atoms with van der Waals surface area (Å²) in [6, 6.07) is 0. The topological polar surface area (TPSA) is 47.3 Å². The van der Waals surface area contributed by atoms with E-state index in [0.29, 0.717) is 6.54 Å². The predicted molar refractivity (Wildman–Crippen MR) is 39.2 cm³/mol.